The average molecular weight is 140 g/mol. The van der Waals surface area contributed by atoms with Crippen molar-refractivity contribution in [3.05, 3.63) is 12.2 Å². The molecule has 0 amide bonds. The summed E-state index contributed by atoms with van der Waals surface area (Å²) in [6.07, 6.45) is 2.38. The molecule has 1 aromatic heterocycles. The van der Waals surface area contributed by atoms with Crippen molar-refractivity contribution in [2.45, 2.75) is 19.9 Å². The van der Waals surface area contributed by atoms with Crippen molar-refractivity contribution < 1.29 is 0 Å². The lowest BCUT2D eigenvalue weighted by Crippen LogP contribution is -2.10. The predicted octanol–water partition coefficient (Wildman–Crippen LogP) is -0.201. The van der Waals surface area contributed by atoms with Crippen LogP contribution in [0.4, 0.5) is 0 Å². The van der Waals surface area contributed by atoms with Crippen LogP contribution in [0.15, 0.2) is 6.33 Å². The quantitative estimate of drug-likeness (QED) is 0.632. The third-order valence-electron chi connectivity index (χ3n) is 1.36. The van der Waals surface area contributed by atoms with Gasteiger partial charge >= 0.3 is 0 Å². The normalized spacial score (nSPS) is 10.2. The van der Waals surface area contributed by atoms with Crippen LogP contribution >= 0.6 is 0 Å². The van der Waals surface area contributed by atoms with E-state index in [1.54, 1.807) is 6.33 Å². The van der Waals surface area contributed by atoms with Crippen LogP contribution in [-0.2, 0) is 13.0 Å². The highest BCUT2D eigenvalue weighted by molar-refractivity contribution is 4.84. The van der Waals surface area contributed by atoms with Crippen LogP contribution < -0.4 is 5.73 Å². The minimum atomic E-state index is 0.638. The van der Waals surface area contributed by atoms with Gasteiger partial charge < -0.3 is 5.73 Å². The van der Waals surface area contributed by atoms with Gasteiger partial charge in [0.1, 0.15) is 12.2 Å². The summed E-state index contributed by atoms with van der Waals surface area (Å²) in [5.74, 6) is 0.977. The van der Waals surface area contributed by atoms with Crippen molar-refractivity contribution in [1.82, 2.24) is 14.8 Å². The van der Waals surface area contributed by atoms with Gasteiger partial charge in [-0.25, -0.2) is 4.98 Å². The molecule has 0 atom stereocenters. The van der Waals surface area contributed by atoms with Gasteiger partial charge in [-0.3, -0.25) is 4.68 Å². The highest BCUT2D eigenvalue weighted by atomic mass is 15.3. The molecule has 1 aromatic rings. The fraction of sp³-hybridized carbons (Fsp3) is 0.667. The van der Waals surface area contributed by atoms with E-state index in [1.165, 1.54) is 0 Å². The zero-order valence-electron chi connectivity index (χ0n) is 6.12. The predicted molar refractivity (Wildman–Crippen MR) is 38.5 cm³/mol. The van der Waals surface area contributed by atoms with Gasteiger partial charge in [-0.05, 0) is 13.5 Å². The Labute approximate surface area is 60.1 Å². The highest BCUT2D eigenvalue weighted by Crippen LogP contribution is 1.92. The Morgan fingerprint density at radius 2 is 2.50 bits per heavy atom. The van der Waals surface area contributed by atoms with E-state index in [9.17, 15) is 0 Å². The van der Waals surface area contributed by atoms with Crippen LogP contribution in [0.25, 0.3) is 0 Å². The molecule has 0 aliphatic carbocycles. The average Bonchev–Trinajstić information content (AvgIpc) is 2.36. The third kappa shape index (κ3) is 1.33. The summed E-state index contributed by atoms with van der Waals surface area (Å²) < 4.78 is 1.85. The van der Waals surface area contributed by atoms with Gasteiger partial charge in [-0.15, -0.1) is 0 Å². The largest absolute Gasteiger partial charge is 0.330 e. The van der Waals surface area contributed by atoms with E-state index in [1.807, 2.05) is 11.6 Å². The van der Waals surface area contributed by atoms with Gasteiger partial charge in [0.2, 0.25) is 0 Å². The number of hydrogen-bond donors (Lipinski definition) is 1. The van der Waals surface area contributed by atoms with Gasteiger partial charge in [-0.2, -0.15) is 5.10 Å². The van der Waals surface area contributed by atoms with Crippen molar-refractivity contribution in [3.63, 3.8) is 0 Å². The zero-order chi connectivity index (χ0) is 7.40. The second kappa shape index (κ2) is 3.31. The summed E-state index contributed by atoms with van der Waals surface area (Å²) in [5, 5.41) is 4.00. The number of hydrogen-bond acceptors (Lipinski definition) is 3. The summed E-state index contributed by atoms with van der Waals surface area (Å²) in [7, 11) is 0. The van der Waals surface area contributed by atoms with E-state index in [0.717, 1.165) is 18.8 Å². The zero-order valence-corrected chi connectivity index (χ0v) is 6.12. The Kier molecular flexibility index (Phi) is 2.39. The first kappa shape index (κ1) is 7.21. The maximum absolute atomic E-state index is 5.36. The van der Waals surface area contributed by atoms with E-state index in [0.29, 0.717) is 6.54 Å². The van der Waals surface area contributed by atoms with Crippen molar-refractivity contribution in [1.29, 1.82) is 0 Å². The third-order valence-corrected chi connectivity index (χ3v) is 1.36. The summed E-state index contributed by atoms with van der Waals surface area (Å²) in [6.45, 7) is 3.54. The van der Waals surface area contributed by atoms with Crippen LogP contribution in [0.2, 0.25) is 0 Å². The van der Waals surface area contributed by atoms with E-state index in [-0.39, 0.29) is 0 Å². The van der Waals surface area contributed by atoms with E-state index in [4.69, 9.17) is 5.73 Å². The molecule has 0 aromatic carbocycles. The van der Waals surface area contributed by atoms with Crippen molar-refractivity contribution in [3.8, 4) is 0 Å². The van der Waals surface area contributed by atoms with E-state index < -0.39 is 0 Å². The molecule has 0 spiro atoms. The molecule has 4 nitrogen and oxygen atoms in total. The molecule has 2 N–H and O–H groups in total. The molecule has 0 saturated carbocycles. The molecular weight excluding hydrogens is 128 g/mol. The van der Waals surface area contributed by atoms with Gasteiger partial charge in [0.05, 0.1) is 0 Å². The van der Waals surface area contributed by atoms with Crippen LogP contribution in [0.5, 0.6) is 0 Å². The first-order chi connectivity index (χ1) is 4.88. The molecule has 0 bridgehead atoms. The van der Waals surface area contributed by atoms with E-state index in [2.05, 4.69) is 10.1 Å². The molecule has 1 heterocycles. The van der Waals surface area contributed by atoms with Crippen LogP contribution in [0.3, 0.4) is 0 Å². The molecule has 0 saturated heterocycles. The number of aryl methyl sites for hydroxylation is 1. The molecule has 0 aliphatic rings. The minimum Gasteiger partial charge on any atom is -0.330 e. The smallest absolute Gasteiger partial charge is 0.138 e. The monoisotopic (exact) mass is 140 g/mol. The summed E-state index contributed by atoms with van der Waals surface area (Å²) >= 11 is 0. The molecular formula is C6H12N4. The SMILES string of the molecule is CCn1ncnc1CCN. The molecule has 56 valence electrons. The van der Waals surface area contributed by atoms with Gasteiger partial charge in [0, 0.05) is 13.0 Å². The van der Waals surface area contributed by atoms with Crippen LogP contribution in [0.1, 0.15) is 12.7 Å². The van der Waals surface area contributed by atoms with Crippen molar-refractivity contribution in [2.24, 2.45) is 5.73 Å². The van der Waals surface area contributed by atoms with Crippen molar-refractivity contribution >= 4 is 0 Å². The lowest BCUT2D eigenvalue weighted by Gasteiger charge is -1.98. The first-order valence-corrected chi connectivity index (χ1v) is 3.45. The minimum absolute atomic E-state index is 0.638. The second-order valence-electron chi connectivity index (χ2n) is 2.03. The van der Waals surface area contributed by atoms with Crippen LogP contribution in [-0.4, -0.2) is 21.3 Å². The van der Waals surface area contributed by atoms with Crippen LogP contribution in [0, 0.1) is 0 Å². The Morgan fingerprint density at radius 3 is 3.10 bits per heavy atom. The van der Waals surface area contributed by atoms with E-state index >= 15 is 0 Å². The fourth-order valence-corrected chi connectivity index (χ4v) is 0.875. The molecule has 0 radical (unpaired) electrons. The molecule has 1 rings (SSSR count). The van der Waals surface area contributed by atoms with Crippen molar-refractivity contribution in [2.75, 3.05) is 6.54 Å². The molecule has 4 heteroatoms. The lowest BCUT2D eigenvalue weighted by molar-refractivity contribution is 0.614. The number of aromatic nitrogens is 3. The lowest BCUT2D eigenvalue weighted by atomic mass is 10.4. The summed E-state index contributed by atoms with van der Waals surface area (Å²) in [4.78, 5) is 4.05. The van der Waals surface area contributed by atoms with Gasteiger partial charge in [-0.1, -0.05) is 0 Å². The number of nitrogens with zero attached hydrogens (tertiary/aromatic N) is 3. The Morgan fingerprint density at radius 1 is 1.70 bits per heavy atom. The Balaban J connectivity index is 2.70. The summed E-state index contributed by atoms with van der Waals surface area (Å²) in [5.41, 5.74) is 5.36. The number of rotatable bonds is 3. The molecule has 0 fully saturated rings. The Hall–Kier alpha value is -0.900. The maximum Gasteiger partial charge on any atom is 0.138 e. The first-order valence-electron chi connectivity index (χ1n) is 3.45. The fourth-order valence-electron chi connectivity index (χ4n) is 0.875. The maximum atomic E-state index is 5.36. The molecule has 0 aliphatic heterocycles. The van der Waals surface area contributed by atoms with Gasteiger partial charge in [0.25, 0.3) is 0 Å². The standard InChI is InChI=1S/C6H12N4/c1-2-10-6(3-4-7)8-5-9-10/h5H,2-4,7H2,1H3. The molecule has 10 heavy (non-hydrogen) atoms. The topological polar surface area (TPSA) is 56.7 Å². The summed E-state index contributed by atoms with van der Waals surface area (Å²) in [6, 6.07) is 0. The Bertz CT molecular complexity index is 193. The second-order valence-corrected chi connectivity index (χ2v) is 2.03. The number of nitrogens with two attached hydrogens (primary N) is 1. The highest BCUT2D eigenvalue weighted by Gasteiger charge is 1.98. The van der Waals surface area contributed by atoms with Gasteiger partial charge in [0.15, 0.2) is 0 Å². The molecule has 0 unspecified atom stereocenters.